The zero-order valence-electron chi connectivity index (χ0n) is 9.88. The number of hydrogen-bond donors (Lipinski definition) is 0. The Kier molecular flexibility index (Phi) is 2.68. The smallest absolute Gasteiger partial charge is 0.194 e. The third-order valence-corrected chi connectivity index (χ3v) is 3.84. The van der Waals surface area contributed by atoms with Crippen molar-refractivity contribution in [3.8, 4) is 0 Å². The molecule has 0 atom stereocenters. The van der Waals surface area contributed by atoms with Gasteiger partial charge in [-0.1, -0.05) is 18.2 Å². The molecule has 0 radical (unpaired) electrons. The van der Waals surface area contributed by atoms with E-state index in [2.05, 4.69) is 4.98 Å². The van der Waals surface area contributed by atoms with Crippen molar-refractivity contribution in [3.05, 3.63) is 64.0 Å². The highest BCUT2D eigenvalue weighted by molar-refractivity contribution is 7.10. The largest absolute Gasteiger partial charge is 0.289 e. The zero-order chi connectivity index (χ0) is 12.5. The van der Waals surface area contributed by atoms with E-state index in [9.17, 15) is 4.79 Å². The molecule has 0 spiro atoms. The molecule has 0 bridgehead atoms. The topological polar surface area (TPSA) is 30.0 Å². The van der Waals surface area contributed by atoms with Crippen LogP contribution in [0, 0.1) is 6.92 Å². The van der Waals surface area contributed by atoms with Crippen LogP contribution in [0.1, 0.15) is 20.8 Å². The number of benzene rings is 1. The van der Waals surface area contributed by atoms with Crippen LogP contribution in [0.2, 0.25) is 0 Å². The fourth-order valence-electron chi connectivity index (χ4n) is 2.07. The summed E-state index contributed by atoms with van der Waals surface area (Å²) < 4.78 is 0. The van der Waals surface area contributed by atoms with Gasteiger partial charge in [-0.15, -0.1) is 11.3 Å². The third kappa shape index (κ3) is 1.73. The van der Waals surface area contributed by atoms with E-state index >= 15 is 0 Å². The molecule has 3 heteroatoms. The molecule has 0 aliphatic heterocycles. The lowest BCUT2D eigenvalue weighted by Crippen LogP contribution is -2.02. The van der Waals surface area contributed by atoms with Gasteiger partial charge in [0.05, 0.1) is 5.52 Å². The van der Waals surface area contributed by atoms with E-state index < -0.39 is 0 Å². The van der Waals surface area contributed by atoms with Crippen LogP contribution < -0.4 is 0 Å². The van der Waals surface area contributed by atoms with Crippen LogP contribution in [0.25, 0.3) is 10.9 Å². The SMILES string of the molecule is Cc1sccc1C(=O)c1cccc2ncccc12. The molecule has 3 aromatic rings. The van der Waals surface area contributed by atoms with Gasteiger partial charge in [-0.05, 0) is 30.5 Å². The third-order valence-electron chi connectivity index (χ3n) is 2.99. The minimum absolute atomic E-state index is 0.0763. The van der Waals surface area contributed by atoms with Gasteiger partial charge in [0.2, 0.25) is 0 Å². The minimum atomic E-state index is 0.0763. The van der Waals surface area contributed by atoms with Crippen LogP contribution in [-0.4, -0.2) is 10.8 Å². The highest BCUT2D eigenvalue weighted by atomic mass is 32.1. The van der Waals surface area contributed by atoms with E-state index in [-0.39, 0.29) is 5.78 Å². The van der Waals surface area contributed by atoms with Crippen LogP contribution in [0.5, 0.6) is 0 Å². The van der Waals surface area contributed by atoms with Crippen LogP contribution in [-0.2, 0) is 0 Å². The lowest BCUT2D eigenvalue weighted by Gasteiger charge is -2.04. The zero-order valence-corrected chi connectivity index (χ0v) is 10.7. The first-order valence-corrected chi connectivity index (χ1v) is 6.58. The van der Waals surface area contributed by atoms with Gasteiger partial charge in [0.1, 0.15) is 0 Å². The summed E-state index contributed by atoms with van der Waals surface area (Å²) in [7, 11) is 0. The number of carbonyl (C=O) groups is 1. The molecule has 18 heavy (non-hydrogen) atoms. The first-order valence-electron chi connectivity index (χ1n) is 5.70. The van der Waals surface area contributed by atoms with Crippen LogP contribution in [0.15, 0.2) is 48.0 Å². The van der Waals surface area contributed by atoms with Gasteiger partial charge < -0.3 is 0 Å². The Morgan fingerprint density at radius 2 is 2.00 bits per heavy atom. The summed E-state index contributed by atoms with van der Waals surface area (Å²) in [5, 5.41) is 2.86. The highest BCUT2D eigenvalue weighted by Crippen LogP contribution is 2.23. The first kappa shape index (κ1) is 11.1. The number of carbonyl (C=O) groups excluding carboxylic acids is 1. The van der Waals surface area contributed by atoms with Crippen LogP contribution in [0.3, 0.4) is 0 Å². The van der Waals surface area contributed by atoms with E-state index in [0.29, 0.717) is 0 Å². The predicted molar refractivity (Wildman–Crippen MR) is 74.2 cm³/mol. The first-order chi connectivity index (χ1) is 8.77. The Bertz CT molecular complexity index is 725. The number of hydrogen-bond acceptors (Lipinski definition) is 3. The fourth-order valence-corrected chi connectivity index (χ4v) is 2.76. The second kappa shape index (κ2) is 4.35. The fraction of sp³-hybridized carbons (Fsp3) is 0.0667. The quantitative estimate of drug-likeness (QED) is 0.649. The Morgan fingerprint density at radius 1 is 1.11 bits per heavy atom. The monoisotopic (exact) mass is 253 g/mol. The van der Waals surface area contributed by atoms with Crippen molar-refractivity contribution < 1.29 is 4.79 Å². The molecule has 0 aliphatic rings. The maximum Gasteiger partial charge on any atom is 0.194 e. The molecule has 88 valence electrons. The maximum absolute atomic E-state index is 12.5. The van der Waals surface area contributed by atoms with Crippen molar-refractivity contribution in [2.75, 3.05) is 0 Å². The number of rotatable bonds is 2. The van der Waals surface area contributed by atoms with Gasteiger partial charge in [-0.2, -0.15) is 0 Å². The predicted octanol–water partition coefficient (Wildman–Crippen LogP) is 3.84. The second-order valence-corrected chi connectivity index (χ2v) is 5.22. The molecule has 3 rings (SSSR count). The molecule has 0 fully saturated rings. The van der Waals surface area contributed by atoms with E-state index in [0.717, 1.165) is 26.9 Å². The lowest BCUT2D eigenvalue weighted by atomic mass is 10.00. The summed E-state index contributed by atoms with van der Waals surface area (Å²) in [4.78, 5) is 17.9. The molecule has 2 heterocycles. The molecule has 0 saturated heterocycles. The summed E-state index contributed by atoms with van der Waals surface area (Å²) in [6, 6.07) is 11.4. The van der Waals surface area contributed by atoms with Gasteiger partial charge in [-0.3, -0.25) is 9.78 Å². The van der Waals surface area contributed by atoms with Crippen molar-refractivity contribution >= 4 is 28.0 Å². The van der Waals surface area contributed by atoms with E-state index in [4.69, 9.17) is 0 Å². The van der Waals surface area contributed by atoms with Gasteiger partial charge in [0.15, 0.2) is 5.78 Å². The molecule has 2 nitrogen and oxygen atoms in total. The Balaban J connectivity index is 2.21. The van der Waals surface area contributed by atoms with Crippen molar-refractivity contribution in [1.82, 2.24) is 4.98 Å². The molecular formula is C15H11NOS. The molecule has 1 aromatic carbocycles. The van der Waals surface area contributed by atoms with Crippen molar-refractivity contribution in [1.29, 1.82) is 0 Å². The number of pyridine rings is 1. The molecule has 0 aliphatic carbocycles. The maximum atomic E-state index is 12.5. The highest BCUT2D eigenvalue weighted by Gasteiger charge is 2.15. The number of fused-ring (bicyclic) bond motifs is 1. The number of aryl methyl sites for hydroxylation is 1. The van der Waals surface area contributed by atoms with E-state index in [1.54, 1.807) is 17.5 Å². The Labute approximate surface area is 109 Å². The average molecular weight is 253 g/mol. The summed E-state index contributed by atoms with van der Waals surface area (Å²) >= 11 is 1.60. The number of aromatic nitrogens is 1. The van der Waals surface area contributed by atoms with Gasteiger partial charge in [-0.25, -0.2) is 0 Å². The minimum Gasteiger partial charge on any atom is -0.289 e. The summed E-state index contributed by atoms with van der Waals surface area (Å²) in [6.07, 6.45) is 1.74. The number of thiophene rings is 1. The van der Waals surface area contributed by atoms with Crippen molar-refractivity contribution in [2.45, 2.75) is 6.92 Å². The van der Waals surface area contributed by atoms with Gasteiger partial charge >= 0.3 is 0 Å². The molecular weight excluding hydrogens is 242 g/mol. The number of nitrogens with zero attached hydrogens (tertiary/aromatic N) is 1. The molecule has 2 aromatic heterocycles. The van der Waals surface area contributed by atoms with Crippen molar-refractivity contribution in [3.63, 3.8) is 0 Å². The number of ketones is 1. The van der Waals surface area contributed by atoms with Crippen LogP contribution >= 0.6 is 11.3 Å². The summed E-state index contributed by atoms with van der Waals surface area (Å²) in [6.45, 7) is 1.97. The standard InChI is InChI=1S/C15H11NOS/c1-10-11(7-9-18-10)15(17)13-4-2-6-14-12(13)5-3-8-16-14/h2-9H,1H3. The average Bonchev–Trinajstić information content (AvgIpc) is 2.83. The normalized spacial score (nSPS) is 10.7. The molecule has 0 saturated carbocycles. The van der Waals surface area contributed by atoms with Gasteiger partial charge in [0, 0.05) is 27.6 Å². The summed E-state index contributed by atoms with van der Waals surface area (Å²) in [5.74, 6) is 0.0763. The van der Waals surface area contributed by atoms with E-state index in [1.165, 1.54) is 0 Å². The van der Waals surface area contributed by atoms with Gasteiger partial charge in [0.25, 0.3) is 0 Å². The molecule has 0 amide bonds. The summed E-state index contributed by atoms with van der Waals surface area (Å²) in [5.41, 5.74) is 2.37. The Hall–Kier alpha value is -2.00. The Morgan fingerprint density at radius 3 is 2.78 bits per heavy atom. The second-order valence-electron chi connectivity index (χ2n) is 4.10. The van der Waals surface area contributed by atoms with E-state index in [1.807, 2.05) is 48.7 Å². The lowest BCUT2D eigenvalue weighted by molar-refractivity contribution is 0.104. The van der Waals surface area contributed by atoms with Crippen LogP contribution in [0.4, 0.5) is 0 Å². The molecule has 0 unspecified atom stereocenters. The van der Waals surface area contributed by atoms with Crippen molar-refractivity contribution in [2.24, 2.45) is 0 Å². The molecule has 0 N–H and O–H groups in total.